The highest BCUT2D eigenvalue weighted by atomic mass is 19.1. The number of unbranched alkanes of at least 4 members (excludes halogenated alkanes) is 1. The van der Waals surface area contributed by atoms with E-state index in [9.17, 15) is 9.18 Å². The Kier molecular flexibility index (Phi) is 9.11. The van der Waals surface area contributed by atoms with Crippen LogP contribution in [-0.2, 0) is 6.54 Å². The van der Waals surface area contributed by atoms with Gasteiger partial charge in [-0.25, -0.2) is 9.18 Å². The van der Waals surface area contributed by atoms with Crippen LogP contribution >= 0.6 is 0 Å². The number of halogens is 1. The normalized spacial score (nSPS) is 15.8. The minimum atomic E-state index is -0.385. The van der Waals surface area contributed by atoms with E-state index in [2.05, 4.69) is 32.4 Å². The number of likely N-dealkylation sites (tertiary alicyclic amines) is 1. The molecule has 198 valence electrons. The lowest BCUT2D eigenvalue weighted by atomic mass is 9.92. The Balaban J connectivity index is 1.29. The minimum Gasteiger partial charge on any atom is -0.463 e. The fraction of sp³-hybridized carbons (Fsp3) is 0.464. The zero-order chi connectivity index (χ0) is 26.2. The fourth-order valence-corrected chi connectivity index (χ4v) is 4.57. The molecule has 2 amide bonds. The maximum atomic E-state index is 14.7. The molecule has 8 nitrogen and oxygen atoms in total. The van der Waals surface area contributed by atoms with Gasteiger partial charge < -0.3 is 21.1 Å². The van der Waals surface area contributed by atoms with Crippen molar-refractivity contribution in [1.29, 1.82) is 0 Å². The van der Waals surface area contributed by atoms with Crippen LogP contribution < -0.4 is 21.1 Å². The van der Waals surface area contributed by atoms with Crippen molar-refractivity contribution < 1.29 is 13.9 Å². The number of nitrogens with two attached hydrogens (primary N) is 1. The summed E-state index contributed by atoms with van der Waals surface area (Å²) in [4.78, 5) is 23.2. The van der Waals surface area contributed by atoms with Crippen LogP contribution in [0.25, 0.3) is 5.57 Å². The van der Waals surface area contributed by atoms with E-state index in [-0.39, 0.29) is 23.7 Å². The smallest absolute Gasteiger partial charge is 0.319 e. The molecule has 0 radical (unpaired) electrons. The Bertz CT molecular complexity index is 1150. The van der Waals surface area contributed by atoms with Crippen LogP contribution in [0.2, 0.25) is 0 Å². The zero-order valence-corrected chi connectivity index (χ0v) is 21.8. The second-order valence-corrected chi connectivity index (χ2v) is 9.67. The van der Waals surface area contributed by atoms with Gasteiger partial charge in [0.1, 0.15) is 11.5 Å². The first-order chi connectivity index (χ1) is 17.9. The number of benzene rings is 1. The third kappa shape index (κ3) is 7.29. The number of anilines is 2. The van der Waals surface area contributed by atoms with E-state index in [0.717, 1.165) is 61.0 Å². The van der Waals surface area contributed by atoms with Gasteiger partial charge in [0.05, 0.1) is 12.3 Å². The van der Waals surface area contributed by atoms with E-state index < -0.39 is 0 Å². The van der Waals surface area contributed by atoms with Crippen molar-refractivity contribution in [1.82, 2.24) is 20.2 Å². The number of rotatable bonds is 10. The number of hydrogen-bond donors (Lipinski definition) is 3. The summed E-state index contributed by atoms with van der Waals surface area (Å²) in [5.41, 5.74) is 10.8. The van der Waals surface area contributed by atoms with Gasteiger partial charge in [-0.1, -0.05) is 43.2 Å². The molecule has 1 aromatic carbocycles. The number of aromatic nitrogens is 2. The second-order valence-electron chi connectivity index (χ2n) is 9.67. The maximum Gasteiger partial charge on any atom is 0.319 e. The van der Waals surface area contributed by atoms with Crippen molar-refractivity contribution in [2.45, 2.75) is 58.9 Å². The van der Waals surface area contributed by atoms with Crippen molar-refractivity contribution >= 4 is 23.1 Å². The molecule has 2 aliphatic rings. The first-order valence-electron chi connectivity index (χ1n) is 13.1. The van der Waals surface area contributed by atoms with E-state index in [1.54, 1.807) is 13.0 Å². The Morgan fingerprint density at radius 2 is 2.00 bits per heavy atom. The molecular weight excluding hydrogens is 471 g/mol. The van der Waals surface area contributed by atoms with E-state index >= 15 is 0 Å². The molecule has 2 heterocycles. The number of aryl methyl sites for hydroxylation is 1. The van der Waals surface area contributed by atoms with Crippen molar-refractivity contribution in [3.63, 3.8) is 0 Å². The fourth-order valence-electron chi connectivity index (χ4n) is 4.57. The average Bonchev–Trinajstić information content (AvgIpc) is 3.40. The molecule has 9 heteroatoms. The number of nitrogens with one attached hydrogen (secondary N) is 2. The number of nitrogens with zero attached hydrogens (tertiary/aromatic N) is 3. The maximum absolute atomic E-state index is 14.7. The summed E-state index contributed by atoms with van der Waals surface area (Å²) >= 11 is 0. The standard InChI is InChI=1S/C28H37FN6O2/c1-3-4-15-37-28-32-19(2)25(26(30)34-28)33-27(36)31-17-20-7-9-21(10-8-20)22-11-12-23(24(29)16-22)18-35-13-5-6-14-35/h7,9,11-12,16H,3-6,8,10,13-15,17-18H2,1-2H3,(H2,30,32,34)(H2,31,33,36). The first-order valence-corrected chi connectivity index (χ1v) is 13.1. The first kappa shape index (κ1) is 26.6. The third-order valence-electron chi connectivity index (χ3n) is 6.79. The highest BCUT2D eigenvalue weighted by Gasteiger charge is 2.17. The summed E-state index contributed by atoms with van der Waals surface area (Å²) in [7, 11) is 0. The Labute approximate surface area is 218 Å². The molecule has 4 N–H and O–H groups in total. The number of ether oxygens (including phenoxy) is 1. The number of carbonyl (C=O) groups is 1. The molecule has 4 rings (SSSR count). The zero-order valence-electron chi connectivity index (χ0n) is 21.8. The lowest BCUT2D eigenvalue weighted by Crippen LogP contribution is -2.31. The molecule has 1 aliphatic carbocycles. The van der Waals surface area contributed by atoms with Gasteiger partial charge in [-0.2, -0.15) is 9.97 Å². The predicted molar refractivity (Wildman–Crippen MR) is 145 cm³/mol. The average molecular weight is 509 g/mol. The molecule has 1 aliphatic heterocycles. The van der Waals surface area contributed by atoms with Crippen LogP contribution in [0.15, 0.2) is 35.9 Å². The summed E-state index contributed by atoms with van der Waals surface area (Å²) < 4.78 is 20.2. The molecule has 1 aromatic heterocycles. The van der Waals surface area contributed by atoms with E-state index in [0.29, 0.717) is 31.1 Å². The van der Waals surface area contributed by atoms with Crippen LogP contribution in [0.1, 0.15) is 62.3 Å². The van der Waals surface area contributed by atoms with Crippen molar-refractivity contribution in [2.75, 3.05) is 37.3 Å². The molecule has 37 heavy (non-hydrogen) atoms. The lowest BCUT2D eigenvalue weighted by molar-refractivity contribution is 0.252. The van der Waals surface area contributed by atoms with Crippen LogP contribution in [-0.4, -0.2) is 47.1 Å². The van der Waals surface area contributed by atoms with Gasteiger partial charge >= 0.3 is 12.0 Å². The summed E-state index contributed by atoms with van der Waals surface area (Å²) in [6.45, 7) is 7.52. The highest BCUT2D eigenvalue weighted by Crippen LogP contribution is 2.28. The summed E-state index contributed by atoms with van der Waals surface area (Å²) in [6, 6.07) is 5.40. The molecule has 0 saturated carbocycles. The summed E-state index contributed by atoms with van der Waals surface area (Å²) in [5.74, 6) is 0.0230. The van der Waals surface area contributed by atoms with Crippen molar-refractivity contribution in [3.8, 4) is 6.01 Å². The van der Waals surface area contributed by atoms with Gasteiger partial charge in [-0.15, -0.1) is 0 Å². The number of carbonyl (C=O) groups excluding carboxylic acids is 1. The molecule has 0 unspecified atom stereocenters. The topological polar surface area (TPSA) is 105 Å². The minimum absolute atomic E-state index is 0.141. The molecule has 0 spiro atoms. The number of urea groups is 1. The van der Waals surface area contributed by atoms with E-state index in [4.69, 9.17) is 10.5 Å². The number of allylic oxidation sites excluding steroid dienone is 3. The Morgan fingerprint density at radius 3 is 2.68 bits per heavy atom. The van der Waals surface area contributed by atoms with Gasteiger partial charge in [0, 0.05) is 18.7 Å². The lowest BCUT2D eigenvalue weighted by Gasteiger charge is -2.18. The van der Waals surface area contributed by atoms with Crippen LogP contribution in [0.5, 0.6) is 6.01 Å². The molecule has 2 aromatic rings. The summed E-state index contributed by atoms with van der Waals surface area (Å²) in [6.07, 6.45) is 9.90. The quantitative estimate of drug-likeness (QED) is 0.381. The van der Waals surface area contributed by atoms with Gasteiger partial charge in [0.2, 0.25) is 0 Å². The van der Waals surface area contributed by atoms with Gasteiger partial charge in [0.25, 0.3) is 0 Å². The summed E-state index contributed by atoms with van der Waals surface area (Å²) in [5, 5.41) is 5.60. The van der Waals surface area contributed by atoms with Crippen molar-refractivity contribution in [3.05, 3.63) is 58.6 Å². The van der Waals surface area contributed by atoms with Gasteiger partial charge in [-0.05, 0) is 69.3 Å². The Hall–Kier alpha value is -3.46. The molecule has 1 saturated heterocycles. The number of hydrogen-bond acceptors (Lipinski definition) is 6. The molecular formula is C28H37FN6O2. The van der Waals surface area contributed by atoms with Crippen LogP contribution in [0.3, 0.4) is 0 Å². The number of amides is 2. The van der Waals surface area contributed by atoms with Crippen LogP contribution in [0, 0.1) is 12.7 Å². The molecule has 0 bridgehead atoms. The van der Waals surface area contributed by atoms with Crippen LogP contribution in [0.4, 0.5) is 20.7 Å². The van der Waals surface area contributed by atoms with Gasteiger partial charge in [-0.3, -0.25) is 4.90 Å². The predicted octanol–water partition coefficient (Wildman–Crippen LogP) is 5.21. The SMILES string of the molecule is CCCCOc1nc(C)c(NC(=O)NCC2=CC=C(c3ccc(CN4CCCC4)c(F)c3)CC2)c(N)n1. The second kappa shape index (κ2) is 12.7. The number of nitrogen functional groups attached to an aromatic ring is 1. The van der Waals surface area contributed by atoms with Crippen molar-refractivity contribution in [2.24, 2.45) is 0 Å². The van der Waals surface area contributed by atoms with E-state index in [1.807, 2.05) is 24.3 Å². The Morgan fingerprint density at radius 1 is 1.19 bits per heavy atom. The van der Waals surface area contributed by atoms with E-state index in [1.165, 1.54) is 12.8 Å². The largest absolute Gasteiger partial charge is 0.463 e. The molecule has 1 fully saturated rings. The highest BCUT2D eigenvalue weighted by molar-refractivity contribution is 5.92. The van der Waals surface area contributed by atoms with Gasteiger partial charge in [0.15, 0.2) is 5.82 Å². The monoisotopic (exact) mass is 508 g/mol. The third-order valence-corrected chi connectivity index (χ3v) is 6.79. The molecule has 0 atom stereocenters.